The highest BCUT2D eigenvalue weighted by Gasteiger charge is 2.23. The third-order valence-electron chi connectivity index (χ3n) is 4.32. The second-order valence-corrected chi connectivity index (χ2v) is 6.65. The molecule has 0 unspecified atom stereocenters. The number of benzene rings is 1. The van der Waals surface area contributed by atoms with Gasteiger partial charge in [0.1, 0.15) is 0 Å². The van der Waals surface area contributed by atoms with Crippen molar-refractivity contribution in [3.8, 4) is 0 Å². The molecule has 1 aliphatic rings. The van der Waals surface area contributed by atoms with Gasteiger partial charge in [-0.25, -0.2) is 0 Å². The molecule has 1 N–H and O–H groups in total. The van der Waals surface area contributed by atoms with Crippen LogP contribution in [0.15, 0.2) is 18.2 Å². The van der Waals surface area contributed by atoms with Gasteiger partial charge < -0.3 is 5.32 Å². The van der Waals surface area contributed by atoms with Crippen LogP contribution in [-0.4, -0.2) is 30.4 Å². The number of hydrogen-bond donors (Lipinski definition) is 1. The summed E-state index contributed by atoms with van der Waals surface area (Å²) in [5.74, 6) is 1.48. The van der Waals surface area contributed by atoms with Gasteiger partial charge in [0, 0.05) is 18.8 Å². The van der Waals surface area contributed by atoms with Crippen LogP contribution in [0.2, 0.25) is 0 Å². The highest BCUT2D eigenvalue weighted by atomic mass is 16.2. The first-order chi connectivity index (χ1) is 9.99. The van der Waals surface area contributed by atoms with E-state index in [2.05, 4.69) is 56.1 Å². The zero-order valence-corrected chi connectivity index (χ0v) is 13.8. The van der Waals surface area contributed by atoms with Gasteiger partial charge in [-0.1, -0.05) is 39.0 Å². The molecule has 1 amide bonds. The molecule has 1 saturated heterocycles. The Kier molecular flexibility index (Phi) is 5.40. The summed E-state index contributed by atoms with van der Waals surface area (Å²) >= 11 is 0. The number of amides is 1. The summed E-state index contributed by atoms with van der Waals surface area (Å²) in [6.45, 7) is 11.3. The first-order valence-corrected chi connectivity index (χ1v) is 8.10. The molecule has 2 atom stereocenters. The van der Waals surface area contributed by atoms with Crippen molar-refractivity contribution in [3.63, 3.8) is 0 Å². The lowest BCUT2D eigenvalue weighted by atomic mass is 9.92. The molecule has 1 aromatic carbocycles. The number of likely N-dealkylation sites (tertiary alicyclic amines) is 1. The number of carbonyl (C=O) groups is 1. The van der Waals surface area contributed by atoms with Crippen LogP contribution in [0, 0.1) is 18.8 Å². The lowest BCUT2D eigenvalue weighted by molar-refractivity contribution is -0.117. The largest absolute Gasteiger partial charge is 0.324 e. The molecule has 116 valence electrons. The Labute approximate surface area is 128 Å². The minimum Gasteiger partial charge on any atom is -0.324 e. The fraction of sp³-hybridized carbons (Fsp3) is 0.611. The second-order valence-electron chi connectivity index (χ2n) is 6.65. The molecule has 3 nitrogen and oxygen atoms in total. The first-order valence-electron chi connectivity index (χ1n) is 8.10. The van der Waals surface area contributed by atoms with Crippen molar-refractivity contribution in [2.24, 2.45) is 11.8 Å². The van der Waals surface area contributed by atoms with Crippen molar-refractivity contribution in [1.29, 1.82) is 0 Å². The summed E-state index contributed by atoms with van der Waals surface area (Å²) in [7, 11) is 0. The predicted molar refractivity (Wildman–Crippen MR) is 88.6 cm³/mol. The zero-order chi connectivity index (χ0) is 15.4. The number of para-hydroxylation sites is 1. The average Bonchev–Trinajstić information content (AvgIpc) is 2.39. The quantitative estimate of drug-likeness (QED) is 0.920. The first kappa shape index (κ1) is 16.0. The number of piperidine rings is 1. The molecule has 3 heteroatoms. The highest BCUT2D eigenvalue weighted by Crippen LogP contribution is 2.23. The van der Waals surface area contributed by atoms with E-state index in [1.54, 1.807) is 0 Å². The molecule has 0 bridgehead atoms. The van der Waals surface area contributed by atoms with Crippen LogP contribution in [0.3, 0.4) is 0 Å². The van der Waals surface area contributed by atoms with Crippen LogP contribution in [0.25, 0.3) is 0 Å². The van der Waals surface area contributed by atoms with Crippen LogP contribution < -0.4 is 5.32 Å². The van der Waals surface area contributed by atoms with Gasteiger partial charge in [0.15, 0.2) is 0 Å². The molecule has 0 aliphatic carbocycles. The van der Waals surface area contributed by atoms with Gasteiger partial charge in [-0.05, 0) is 42.7 Å². The number of nitrogens with one attached hydrogen (secondary N) is 1. The van der Waals surface area contributed by atoms with Gasteiger partial charge in [-0.15, -0.1) is 0 Å². The fourth-order valence-corrected chi connectivity index (χ4v) is 3.51. The van der Waals surface area contributed by atoms with Crippen molar-refractivity contribution in [3.05, 3.63) is 29.3 Å². The molecular weight excluding hydrogens is 260 g/mol. The van der Waals surface area contributed by atoms with Crippen molar-refractivity contribution in [2.75, 3.05) is 25.0 Å². The van der Waals surface area contributed by atoms with E-state index in [4.69, 9.17) is 0 Å². The van der Waals surface area contributed by atoms with Crippen molar-refractivity contribution < 1.29 is 4.79 Å². The third kappa shape index (κ3) is 4.31. The van der Waals surface area contributed by atoms with Crippen LogP contribution >= 0.6 is 0 Å². The van der Waals surface area contributed by atoms with E-state index < -0.39 is 0 Å². The molecule has 0 radical (unpaired) electrons. The number of rotatable bonds is 4. The van der Waals surface area contributed by atoms with Crippen LogP contribution in [0.5, 0.6) is 0 Å². The molecule has 21 heavy (non-hydrogen) atoms. The minimum atomic E-state index is 0.111. The Bertz CT molecular complexity index is 488. The van der Waals surface area contributed by atoms with E-state index in [-0.39, 0.29) is 5.91 Å². The van der Waals surface area contributed by atoms with Gasteiger partial charge in [0.05, 0.1) is 6.54 Å². The Morgan fingerprint density at radius 2 is 1.95 bits per heavy atom. The lowest BCUT2D eigenvalue weighted by Crippen LogP contribution is -2.42. The highest BCUT2D eigenvalue weighted by molar-refractivity contribution is 5.93. The number of hydrogen-bond acceptors (Lipinski definition) is 2. The van der Waals surface area contributed by atoms with E-state index in [0.717, 1.165) is 30.8 Å². The number of carbonyl (C=O) groups excluding carboxylic acids is 1. The van der Waals surface area contributed by atoms with Gasteiger partial charge in [-0.3, -0.25) is 9.69 Å². The molecule has 1 heterocycles. The Morgan fingerprint density at radius 3 is 2.57 bits per heavy atom. The van der Waals surface area contributed by atoms with E-state index in [9.17, 15) is 4.79 Å². The van der Waals surface area contributed by atoms with Crippen LogP contribution in [0.4, 0.5) is 5.69 Å². The maximum absolute atomic E-state index is 12.4. The SMILES string of the molecule is CCc1cccc(C)c1NC(=O)CN1C[C@H](C)C[C@@H](C)C1. The average molecular weight is 288 g/mol. The van der Waals surface area contributed by atoms with E-state index in [1.165, 1.54) is 12.0 Å². The van der Waals surface area contributed by atoms with Crippen molar-refractivity contribution >= 4 is 11.6 Å². The van der Waals surface area contributed by atoms with E-state index >= 15 is 0 Å². The number of anilines is 1. The Hall–Kier alpha value is -1.35. The molecular formula is C18H28N2O. The van der Waals surface area contributed by atoms with E-state index in [1.807, 2.05) is 0 Å². The maximum Gasteiger partial charge on any atom is 0.238 e. The summed E-state index contributed by atoms with van der Waals surface area (Å²) in [5.41, 5.74) is 3.36. The normalized spacial score (nSPS) is 23.0. The predicted octanol–water partition coefficient (Wildman–Crippen LogP) is 3.47. The van der Waals surface area contributed by atoms with Crippen molar-refractivity contribution in [1.82, 2.24) is 4.90 Å². The van der Waals surface area contributed by atoms with Gasteiger partial charge in [0.25, 0.3) is 0 Å². The molecule has 1 fully saturated rings. The summed E-state index contributed by atoms with van der Waals surface area (Å²) in [4.78, 5) is 14.7. The topological polar surface area (TPSA) is 32.3 Å². The summed E-state index contributed by atoms with van der Waals surface area (Å²) < 4.78 is 0. The summed E-state index contributed by atoms with van der Waals surface area (Å²) in [5, 5.41) is 3.13. The van der Waals surface area contributed by atoms with Crippen LogP contribution in [-0.2, 0) is 11.2 Å². The molecule has 0 aromatic heterocycles. The van der Waals surface area contributed by atoms with Crippen LogP contribution in [0.1, 0.15) is 38.3 Å². The minimum absolute atomic E-state index is 0.111. The summed E-state index contributed by atoms with van der Waals surface area (Å²) in [6, 6.07) is 6.20. The zero-order valence-electron chi connectivity index (χ0n) is 13.8. The summed E-state index contributed by atoms with van der Waals surface area (Å²) in [6.07, 6.45) is 2.21. The standard InChI is InChI=1S/C18H28N2O/c1-5-16-8-6-7-15(4)18(16)19-17(21)12-20-10-13(2)9-14(3)11-20/h6-8,13-14H,5,9-12H2,1-4H3,(H,19,21)/t13-,14-/m1/s1. The lowest BCUT2D eigenvalue weighted by Gasteiger charge is -2.34. The molecule has 0 spiro atoms. The van der Waals surface area contributed by atoms with E-state index in [0.29, 0.717) is 18.4 Å². The monoisotopic (exact) mass is 288 g/mol. The molecule has 0 saturated carbocycles. The molecule has 1 aromatic rings. The Morgan fingerprint density at radius 1 is 1.29 bits per heavy atom. The van der Waals surface area contributed by atoms with Gasteiger partial charge in [0.2, 0.25) is 5.91 Å². The smallest absolute Gasteiger partial charge is 0.238 e. The fourth-order valence-electron chi connectivity index (χ4n) is 3.51. The second kappa shape index (κ2) is 7.08. The molecule has 2 rings (SSSR count). The van der Waals surface area contributed by atoms with Crippen molar-refractivity contribution in [2.45, 2.75) is 40.5 Å². The Balaban J connectivity index is 1.99. The van der Waals surface area contributed by atoms with Gasteiger partial charge in [-0.2, -0.15) is 0 Å². The maximum atomic E-state index is 12.4. The number of nitrogens with zero attached hydrogens (tertiary/aromatic N) is 1. The number of aryl methyl sites for hydroxylation is 2. The third-order valence-corrected chi connectivity index (χ3v) is 4.32. The van der Waals surface area contributed by atoms with Gasteiger partial charge >= 0.3 is 0 Å². The molecule has 1 aliphatic heterocycles.